The number of hydrogen-bond acceptors (Lipinski definition) is 2. The number of nitrogen functional groups attached to an aromatic ring is 1. The minimum absolute atomic E-state index is 0.727. The summed E-state index contributed by atoms with van der Waals surface area (Å²) in [5, 5.41) is 0. The standard InChI is InChI=1S/C13H21NO/c1-10(2)5-4-8-15-13-9-11(3)6-7-12(13)14/h6-7,9-10H,4-5,8,14H2,1-3H3. The largest absolute Gasteiger partial charge is 0.491 e. The average molecular weight is 207 g/mol. The first-order chi connectivity index (χ1) is 7.09. The van der Waals surface area contributed by atoms with Crippen molar-refractivity contribution in [2.24, 2.45) is 5.92 Å². The van der Waals surface area contributed by atoms with E-state index in [4.69, 9.17) is 10.5 Å². The summed E-state index contributed by atoms with van der Waals surface area (Å²) in [7, 11) is 0. The molecule has 0 aliphatic rings. The van der Waals surface area contributed by atoms with Crippen LogP contribution in [0.3, 0.4) is 0 Å². The van der Waals surface area contributed by atoms with E-state index in [1.807, 2.05) is 25.1 Å². The highest BCUT2D eigenvalue weighted by molar-refractivity contribution is 5.53. The normalized spacial score (nSPS) is 10.7. The van der Waals surface area contributed by atoms with Crippen molar-refractivity contribution in [1.82, 2.24) is 0 Å². The van der Waals surface area contributed by atoms with Crippen LogP contribution in [0.15, 0.2) is 18.2 Å². The van der Waals surface area contributed by atoms with Crippen LogP contribution in [0.2, 0.25) is 0 Å². The predicted molar refractivity (Wildman–Crippen MR) is 65.2 cm³/mol. The van der Waals surface area contributed by atoms with Gasteiger partial charge in [-0.05, 0) is 43.4 Å². The number of hydrogen-bond donors (Lipinski definition) is 1. The summed E-state index contributed by atoms with van der Waals surface area (Å²) in [6, 6.07) is 5.88. The molecule has 0 aliphatic heterocycles. The van der Waals surface area contributed by atoms with Gasteiger partial charge in [0.1, 0.15) is 5.75 Å². The second-order valence-corrected chi connectivity index (χ2v) is 4.43. The van der Waals surface area contributed by atoms with E-state index in [0.29, 0.717) is 0 Å². The summed E-state index contributed by atoms with van der Waals surface area (Å²) in [5.41, 5.74) is 7.72. The Morgan fingerprint density at radius 3 is 2.73 bits per heavy atom. The van der Waals surface area contributed by atoms with Crippen LogP contribution >= 0.6 is 0 Å². The molecule has 2 heteroatoms. The summed E-state index contributed by atoms with van der Waals surface area (Å²) < 4.78 is 5.64. The molecule has 1 rings (SSSR count). The van der Waals surface area contributed by atoms with Gasteiger partial charge in [0.15, 0.2) is 0 Å². The summed E-state index contributed by atoms with van der Waals surface area (Å²) >= 11 is 0. The molecule has 84 valence electrons. The number of nitrogens with two attached hydrogens (primary N) is 1. The maximum absolute atomic E-state index is 5.81. The van der Waals surface area contributed by atoms with Gasteiger partial charge in [0.05, 0.1) is 12.3 Å². The van der Waals surface area contributed by atoms with Crippen LogP contribution in [0.5, 0.6) is 5.75 Å². The molecule has 0 saturated heterocycles. The lowest BCUT2D eigenvalue weighted by atomic mass is 10.1. The molecule has 0 fully saturated rings. The third-order valence-corrected chi connectivity index (χ3v) is 2.35. The van der Waals surface area contributed by atoms with Crippen molar-refractivity contribution >= 4 is 5.69 Å². The molecular weight excluding hydrogens is 186 g/mol. The molecule has 0 radical (unpaired) electrons. The van der Waals surface area contributed by atoms with Crippen LogP contribution in [0.25, 0.3) is 0 Å². The molecule has 0 heterocycles. The van der Waals surface area contributed by atoms with Gasteiger partial charge in [-0.15, -0.1) is 0 Å². The molecule has 0 aliphatic carbocycles. The Balaban J connectivity index is 2.40. The Kier molecular flexibility index (Phi) is 4.47. The summed E-state index contributed by atoms with van der Waals surface area (Å²) in [4.78, 5) is 0. The quantitative estimate of drug-likeness (QED) is 0.593. The van der Waals surface area contributed by atoms with Gasteiger partial charge in [-0.3, -0.25) is 0 Å². The molecule has 0 atom stereocenters. The topological polar surface area (TPSA) is 35.2 Å². The second-order valence-electron chi connectivity index (χ2n) is 4.43. The Hall–Kier alpha value is -1.18. The van der Waals surface area contributed by atoms with E-state index in [1.165, 1.54) is 12.0 Å². The van der Waals surface area contributed by atoms with E-state index >= 15 is 0 Å². The smallest absolute Gasteiger partial charge is 0.142 e. The van der Waals surface area contributed by atoms with Gasteiger partial charge in [-0.25, -0.2) is 0 Å². The molecule has 0 bridgehead atoms. The van der Waals surface area contributed by atoms with E-state index in [9.17, 15) is 0 Å². The number of benzene rings is 1. The van der Waals surface area contributed by atoms with Crippen molar-refractivity contribution in [3.63, 3.8) is 0 Å². The van der Waals surface area contributed by atoms with Gasteiger partial charge in [-0.1, -0.05) is 19.9 Å². The number of anilines is 1. The zero-order chi connectivity index (χ0) is 11.3. The van der Waals surface area contributed by atoms with E-state index < -0.39 is 0 Å². The summed E-state index contributed by atoms with van der Waals surface area (Å²) in [6.07, 6.45) is 2.29. The molecule has 1 aromatic carbocycles. The zero-order valence-electron chi connectivity index (χ0n) is 9.92. The van der Waals surface area contributed by atoms with Gasteiger partial charge in [0, 0.05) is 0 Å². The highest BCUT2D eigenvalue weighted by Gasteiger charge is 2.00. The molecular formula is C13H21NO. The molecule has 2 N–H and O–H groups in total. The fourth-order valence-corrected chi connectivity index (χ4v) is 1.44. The first-order valence-electron chi connectivity index (χ1n) is 5.58. The van der Waals surface area contributed by atoms with Crippen molar-refractivity contribution in [2.75, 3.05) is 12.3 Å². The monoisotopic (exact) mass is 207 g/mol. The number of ether oxygens (including phenoxy) is 1. The van der Waals surface area contributed by atoms with Gasteiger partial charge in [0.25, 0.3) is 0 Å². The van der Waals surface area contributed by atoms with E-state index in [1.54, 1.807) is 0 Å². The number of rotatable bonds is 5. The Labute approximate surface area is 92.4 Å². The van der Waals surface area contributed by atoms with E-state index in [-0.39, 0.29) is 0 Å². The van der Waals surface area contributed by atoms with Gasteiger partial charge in [0.2, 0.25) is 0 Å². The van der Waals surface area contributed by atoms with E-state index in [2.05, 4.69) is 13.8 Å². The van der Waals surface area contributed by atoms with Crippen molar-refractivity contribution in [2.45, 2.75) is 33.6 Å². The molecule has 0 saturated carbocycles. The average Bonchev–Trinajstić information content (AvgIpc) is 2.17. The lowest BCUT2D eigenvalue weighted by Gasteiger charge is -2.10. The molecule has 0 spiro atoms. The van der Waals surface area contributed by atoms with Crippen LogP contribution < -0.4 is 10.5 Å². The van der Waals surface area contributed by atoms with Crippen molar-refractivity contribution in [1.29, 1.82) is 0 Å². The highest BCUT2D eigenvalue weighted by atomic mass is 16.5. The fraction of sp³-hybridized carbons (Fsp3) is 0.538. The van der Waals surface area contributed by atoms with Crippen molar-refractivity contribution in [3.05, 3.63) is 23.8 Å². The summed E-state index contributed by atoms with van der Waals surface area (Å²) in [5.74, 6) is 1.56. The highest BCUT2D eigenvalue weighted by Crippen LogP contribution is 2.22. The lowest BCUT2D eigenvalue weighted by Crippen LogP contribution is -2.02. The minimum atomic E-state index is 0.727. The van der Waals surface area contributed by atoms with Crippen LogP contribution in [0, 0.1) is 12.8 Å². The molecule has 0 amide bonds. The SMILES string of the molecule is Cc1ccc(N)c(OCCCC(C)C)c1. The third-order valence-electron chi connectivity index (χ3n) is 2.35. The predicted octanol–water partition coefficient (Wildman–Crippen LogP) is 3.39. The molecule has 0 unspecified atom stereocenters. The Bertz CT molecular complexity index is 307. The maximum atomic E-state index is 5.81. The van der Waals surface area contributed by atoms with Crippen LogP contribution in [0.4, 0.5) is 5.69 Å². The molecule has 1 aromatic rings. The molecule has 0 aromatic heterocycles. The van der Waals surface area contributed by atoms with Gasteiger partial charge < -0.3 is 10.5 Å². The lowest BCUT2D eigenvalue weighted by molar-refractivity contribution is 0.299. The first kappa shape index (κ1) is 11.9. The van der Waals surface area contributed by atoms with Crippen LogP contribution in [-0.4, -0.2) is 6.61 Å². The van der Waals surface area contributed by atoms with Crippen LogP contribution in [-0.2, 0) is 0 Å². The number of aryl methyl sites for hydroxylation is 1. The zero-order valence-corrected chi connectivity index (χ0v) is 9.92. The third kappa shape index (κ3) is 4.24. The van der Waals surface area contributed by atoms with E-state index in [0.717, 1.165) is 30.4 Å². The van der Waals surface area contributed by atoms with Crippen LogP contribution in [0.1, 0.15) is 32.3 Å². The summed E-state index contributed by atoms with van der Waals surface area (Å²) in [6.45, 7) is 7.24. The first-order valence-corrected chi connectivity index (χ1v) is 5.58. The minimum Gasteiger partial charge on any atom is -0.491 e. The second kappa shape index (κ2) is 5.64. The molecule has 2 nitrogen and oxygen atoms in total. The Morgan fingerprint density at radius 2 is 2.07 bits per heavy atom. The van der Waals surface area contributed by atoms with Gasteiger partial charge in [-0.2, -0.15) is 0 Å². The molecule has 15 heavy (non-hydrogen) atoms. The Morgan fingerprint density at radius 1 is 1.33 bits per heavy atom. The fourth-order valence-electron chi connectivity index (χ4n) is 1.44. The van der Waals surface area contributed by atoms with Gasteiger partial charge >= 0.3 is 0 Å². The van der Waals surface area contributed by atoms with Crippen molar-refractivity contribution in [3.8, 4) is 5.75 Å². The van der Waals surface area contributed by atoms with Crippen molar-refractivity contribution < 1.29 is 4.74 Å². The maximum Gasteiger partial charge on any atom is 0.142 e.